The first-order valence-electron chi connectivity index (χ1n) is 6.75. The molecule has 0 saturated carbocycles. The Labute approximate surface area is 137 Å². The van der Waals surface area contributed by atoms with E-state index < -0.39 is 6.10 Å². The van der Waals surface area contributed by atoms with Gasteiger partial charge in [-0.25, -0.2) is 0 Å². The Kier molecular flexibility index (Phi) is 4.29. The van der Waals surface area contributed by atoms with Crippen LogP contribution in [-0.2, 0) is 6.42 Å². The zero-order valence-corrected chi connectivity index (χ0v) is 13.6. The van der Waals surface area contributed by atoms with E-state index in [1.807, 2.05) is 36.4 Å². The van der Waals surface area contributed by atoms with Crippen LogP contribution in [0.4, 0.5) is 0 Å². The third-order valence-electron chi connectivity index (χ3n) is 3.61. The number of aliphatic hydroxyl groups is 1. The number of rotatable bonds is 3. The highest BCUT2D eigenvalue weighted by atomic mass is 79.9. The monoisotopic (exact) mass is 360 g/mol. The number of benzene rings is 3. The molecule has 106 valence electrons. The quantitative estimate of drug-likeness (QED) is 0.650. The van der Waals surface area contributed by atoms with Crippen molar-refractivity contribution in [2.45, 2.75) is 12.5 Å². The topological polar surface area (TPSA) is 20.2 Å². The molecule has 3 aromatic rings. The third-order valence-corrected chi connectivity index (χ3v) is 4.44. The lowest BCUT2D eigenvalue weighted by Gasteiger charge is -2.14. The van der Waals surface area contributed by atoms with Crippen molar-refractivity contribution in [1.82, 2.24) is 0 Å². The minimum atomic E-state index is -0.614. The van der Waals surface area contributed by atoms with Gasteiger partial charge in [0.15, 0.2) is 0 Å². The van der Waals surface area contributed by atoms with Crippen LogP contribution in [0.15, 0.2) is 65.1 Å². The Morgan fingerprint density at radius 3 is 2.57 bits per heavy atom. The van der Waals surface area contributed by atoms with E-state index in [2.05, 4.69) is 40.2 Å². The van der Waals surface area contributed by atoms with E-state index in [1.165, 1.54) is 10.8 Å². The van der Waals surface area contributed by atoms with Crippen LogP contribution in [0.2, 0.25) is 5.02 Å². The standard InChI is InChI=1S/C18H14BrClO/c19-14-8-9-16(17(20)11-14)18(21)10-13-6-3-5-12-4-1-2-7-15(12)13/h1-9,11,18,21H,10H2. The summed E-state index contributed by atoms with van der Waals surface area (Å²) >= 11 is 9.60. The highest BCUT2D eigenvalue weighted by Gasteiger charge is 2.14. The molecule has 0 amide bonds. The predicted octanol–water partition coefficient (Wildman–Crippen LogP) is 5.53. The maximum absolute atomic E-state index is 10.5. The third kappa shape index (κ3) is 3.13. The lowest BCUT2D eigenvalue weighted by Crippen LogP contribution is -2.03. The van der Waals surface area contributed by atoms with Crippen molar-refractivity contribution in [1.29, 1.82) is 0 Å². The van der Waals surface area contributed by atoms with Gasteiger partial charge >= 0.3 is 0 Å². The molecule has 21 heavy (non-hydrogen) atoms. The minimum Gasteiger partial charge on any atom is -0.388 e. The highest BCUT2D eigenvalue weighted by Crippen LogP contribution is 2.30. The number of aliphatic hydroxyl groups excluding tert-OH is 1. The number of hydrogen-bond acceptors (Lipinski definition) is 1. The van der Waals surface area contributed by atoms with Crippen molar-refractivity contribution in [2.75, 3.05) is 0 Å². The van der Waals surface area contributed by atoms with Crippen molar-refractivity contribution < 1.29 is 5.11 Å². The molecule has 3 aromatic carbocycles. The fourth-order valence-electron chi connectivity index (χ4n) is 2.56. The molecular formula is C18H14BrClO. The number of hydrogen-bond donors (Lipinski definition) is 1. The maximum Gasteiger partial charge on any atom is 0.0844 e. The molecule has 0 saturated heterocycles. The molecule has 3 heteroatoms. The summed E-state index contributed by atoms with van der Waals surface area (Å²) in [6, 6.07) is 19.9. The molecule has 0 heterocycles. The first kappa shape index (κ1) is 14.6. The SMILES string of the molecule is OC(Cc1cccc2ccccc12)c1ccc(Br)cc1Cl. The molecule has 0 aromatic heterocycles. The molecule has 0 aliphatic rings. The van der Waals surface area contributed by atoms with Gasteiger partial charge in [0.2, 0.25) is 0 Å². The first-order valence-corrected chi connectivity index (χ1v) is 7.92. The van der Waals surface area contributed by atoms with Crippen molar-refractivity contribution in [3.63, 3.8) is 0 Å². The molecule has 0 aliphatic heterocycles. The smallest absolute Gasteiger partial charge is 0.0844 e. The fourth-order valence-corrected chi connectivity index (χ4v) is 3.36. The van der Waals surface area contributed by atoms with Gasteiger partial charge in [0.05, 0.1) is 6.10 Å². The van der Waals surface area contributed by atoms with Crippen molar-refractivity contribution in [2.24, 2.45) is 0 Å². The molecule has 1 atom stereocenters. The predicted molar refractivity (Wildman–Crippen MR) is 91.8 cm³/mol. The average molecular weight is 362 g/mol. The van der Waals surface area contributed by atoms with Gasteiger partial charge in [-0.1, -0.05) is 76.1 Å². The molecule has 1 N–H and O–H groups in total. The van der Waals surface area contributed by atoms with E-state index in [0.29, 0.717) is 11.4 Å². The normalized spacial score (nSPS) is 12.5. The van der Waals surface area contributed by atoms with Gasteiger partial charge in [0, 0.05) is 15.9 Å². The molecule has 0 bridgehead atoms. The van der Waals surface area contributed by atoms with Crippen molar-refractivity contribution >= 4 is 38.3 Å². The van der Waals surface area contributed by atoms with Crippen LogP contribution < -0.4 is 0 Å². The fraction of sp³-hybridized carbons (Fsp3) is 0.111. The Morgan fingerprint density at radius 1 is 1.00 bits per heavy atom. The summed E-state index contributed by atoms with van der Waals surface area (Å²) in [7, 11) is 0. The zero-order valence-electron chi connectivity index (χ0n) is 11.3. The molecular weight excluding hydrogens is 348 g/mol. The molecule has 0 fully saturated rings. The zero-order chi connectivity index (χ0) is 14.8. The second-order valence-corrected chi connectivity index (χ2v) is 6.35. The molecule has 0 spiro atoms. The second-order valence-electron chi connectivity index (χ2n) is 5.02. The summed E-state index contributed by atoms with van der Waals surface area (Å²) in [5.74, 6) is 0. The Bertz CT molecular complexity index is 780. The van der Waals surface area contributed by atoms with Crippen molar-refractivity contribution in [3.8, 4) is 0 Å². The average Bonchev–Trinajstić information content (AvgIpc) is 2.47. The van der Waals surface area contributed by atoms with Crippen LogP contribution >= 0.6 is 27.5 Å². The van der Waals surface area contributed by atoms with Crippen LogP contribution in [-0.4, -0.2) is 5.11 Å². The van der Waals surface area contributed by atoms with E-state index in [-0.39, 0.29) is 0 Å². The molecule has 0 radical (unpaired) electrons. The van der Waals surface area contributed by atoms with Crippen LogP contribution in [0.5, 0.6) is 0 Å². The number of halogens is 2. The van der Waals surface area contributed by atoms with E-state index in [1.54, 1.807) is 0 Å². The van der Waals surface area contributed by atoms with E-state index in [0.717, 1.165) is 15.6 Å². The second kappa shape index (κ2) is 6.18. The van der Waals surface area contributed by atoms with E-state index in [9.17, 15) is 5.11 Å². The molecule has 1 unspecified atom stereocenters. The number of fused-ring (bicyclic) bond motifs is 1. The van der Waals surface area contributed by atoms with Crippen LogP contribution in [0.25, 0.3) is 10.8 Å². The van der Waals surface area contributed by atoms with E-state index in [4.69, 9.17) is 11.6 Å². The Morgan fingerprint density at radius 2 is 1.76 bits per heavy atom. The highest BCUT2D eigenvalue weighted by molar-refractivity contribution is 9.10. The molecule has 1 nitrogen and oxygen atoms in total. The van der Waals surface area contributed by atoms with Gasteiger partial charge in [-0.3, -0.25) is 0 Å². The summed E-state index contributed by atoms with van der Waals surface area (Å²) in [4.78, 5) is 0. The summed E-state index contributed by atoms with van der Waals surface area (Å²) < 4.78 is 0.911. The van der Waals surface area contributed by atoms with Crippen molar-refractivity contribution in [3.05, 3.63) is 81.3 Å². The van der Waals surface area contributed by atoms with Gasteiger partial charge < -0.3 is 5.11 Å². The Hall–Kier alpha value is -1.35. The van der Waals surface area contributed by atoms with Gasteiger partial charge in [-0.15, -0.1) is 0 Å². The van der Waals surface area contributed by atoms with Gasteiger partial charge in [-0.2, -0.15) is 0 Å². The lowest BCUT2D eigenvalue weighted by atomic mass is 9.97. The first-order chi connectivity index (χ1) is 10.1. The molecule has 0 aliphatic carbocycles. The Balaban J connectivity index is 1.94. The summed E-state index contributed by atoms with van der Waals surface area (Å²) in [6.45, 7) is 0. The van der Waals surface area contributed by atoms with Gasteiger partial charge in [0.1, 0.15) is 0 Å². The molecule has 3 rings (SSSR count). The van der Waals surface area contributed by atoms with E-state index >= 15 is 0 Å². The van der Waals surface area contributed by atoms with Crippen LogP contribution in [0, 0.1) is 0 Å². The summed E-state index contributed by atoms with van der Waals surface area (Å²) in [5.41, 5.74) is 1.88. The summed E-state index contributed by atoms with van der Waals surface area (Å²) in [5, 5.41) is 13.4. The largest absolute Gasteiger partial charge is 0.388 e. The van der Waals surface area contributed by atoms with Crippen LogP contribution in [0.3, 0.4) is 0 Å². The lowest BCUT2D eigenvalue weighted by molar-refractivity contribution is 0.179. The summed E-state index contributed by atoms with van der Waals surface area (Å²) in [6.07, 6.45) is -0.0701. The minimum absolute atomic E-state index is 0.544. The van der Waals surface area contributed by atoms with Gasteiger partial charge in [0.25, 0.3) is 0 Å². The maximum atomic E-state index is 10.5. The van der Waals surface area contributed by atoms with Crippen LogP contribution in [0.1, 0.15) is 17.2 Å². The van der Waals surface area contributed by atoms with Gasteiger partial charge in [-0.05, 0) is 34.0 Å².